The molecule has 1 rings (SSSR count). The smallest absolute Gasteiger partial charge is 0.344 e. The largest absolute Gasteiger partial charge is 0.462 e. The summed E-state index contributed by atoms with van der Waals surface area (Å²) in [5, 5.41) is 1.80. The first-order chi connectivity index (χ1) is 7.24. The molecule has 15 heavy (non-hydrogen) atoms. The van der Waals surface area contributed by atoms with Crippen molar-refractivity contribution in [1.29, 1.82) is 0 Å². The first-order valence-electron chi connectivity index (χ1n) is 4.48. The molecular weight excluding hydrogens is 323 g/mol. The Bertz CT molecular complexity index is 349. The summed E-state index contributed by atoms with van der Waals surface area (Å²) in [7, 11) is 0. The van der Waals surface area contributed by atoms with Gasteiger partial charge in [-0.2, -0.15) is 0 Å². The third-order valence-corrected chi connectivity index (χ3v) is 3.58. The van der Waals surface area contributed by atoms with Gasteiger partial charge in [-0.25, -0.2) is 4.79 Å². The Morgan fingerprint density at radius 1 is 1.47 bits per heavy atom. The minimum absolute atomic E-state index is 0.262. The first-order valence-corrected chi connectivity index (χ1v) is 6.44. The van der Waals surface area contributed by atoms with Crippen LogP contribution in [0, 0.1) is 0 Å². The fraction of sp³-hybridized carbons (Fsp3) is 0.182. The Kier molecular flexibility index (Phi) is 5.78. The molecular formula is C11H11IO2S. The van der Waals surface area contributed by atoms with Crippen molar-refractivity contribution in [3.63, 3.8) is 0 Å². The Morgan fingerprint density at radius 2 is 2.13 bits per heavy atom. The summed E-state index contributed by atoms with van der Waals surface area (Å²) in [6, 6.07) is 9.89. The number of hydrogen-bond donors (Lipinski definition) is 0. The number of thioether (sulfide) groups is 1. The molecule has 0 aliphatic heterocycles. The van der Waals surface area contributed by atoms with Crippen molar-refractivity contribution in [2.24, 2.45) is 0 Å². The summed E-state index contributed by atoms with van der Waals surface area (Å²) in [5.74, 6) is -0.262. The molecule has 0 radical (unpaired) electrons. The van der Waals surface area contributed by atoms with E-state index in [4.69, 9.17) is 4.74 Å². The van der Waals surface area contributed by atoms with Gasteiger partial charge in [-0.1, -0.05) is 30.0 Å². The standard InChI is InChI=1S/C11H11IO2S/c1-2-14-11(13)10(12)8-15-9-6-4-3-5-7-9/h3-8H,2H2,1H3/b10-8+. The van der Waals surface area contributed by atoms with Crippen LogP contribution in [0.15, 0.2) is 44.2 Å². The molecule has 4 heteroatoms. The summed E-state index contributed by atoms with van der Waals surface area (Å²) in [4.78, 5) is 12.4. The maximum absolute atomic E-state index is 11.3. The van der Waals surface area contributed by atoms with E-state index in [0.717, 1.165) is 4.90 Å². The van der Waals surface area contributed by atoms with E-state index >= 15 is 0 Å². The van der Waals surface area contributed by atoms with E-state index in [0.29, 0.717) is 10.2 Å². The van der Waals surface area contributed by atoms with Crippen molar-refractivity contribution in [2.45, 2.75) is 11.8 Å². The molecule has 0 aromatic heterocycles. The normalized spacial score (nSPS) is 11.2. The van der Waals surface area contributed by atoms with Crippen LogP contribution in [0.5, 0.6) is 0 Å². The van der Waals surface area contributed by atoms with Gasteiger partial charge in [0.2, 0.25) is 0 Å². The fourth-order valence-corrected chi connectivity index (χ4v) is 2.05. The molecule has 0 N–H and O–H groups in total. The van der Waals surface area contributed by atoms with Gasteiger partial charge in [-0.05, 0) is 47.1 Å². The lowest BCUT2D eigenvalue weighted by molar-refractivity contribution is -0.137. The second-order valence-electron chi connectivity index (χ2n) is 2.62. The van der Waals surface area contributed by atoms with E-state index in [1.807, 2.05) is 52.9 Å². The third kappa shape index (κ3) is 4.70. The number of carbonyl (C=O) groups excluding carboxylic acids is 1. The van der Waals surface area contributed by atoms with Crippen LogP contribution in [0.2, 0.25) is 0 Å². The molecule has 0 fully saturated rings. The number of rotatable bonds is 4. The van der Waals surface area contributed by atoms with Crippen LogP contribution in [0.4, 0.5) is 0 Å². The molecule has 0 aliphatic carbocycles. The summed E-state index contributed by atoms with van der Waals surface area (Å²) >= 11 is 3.50. The third-order valence-electron chi connectivity index (χ3n) is 1.51. The molecule has 0 bridgehead atoms. The first kappa shape index (κ1) is 12.6. The van der Waals surface area contributed by atoms with E-state index in [1.54, 1.807) is 12.3 Å². The summed E-state index contributed by atoms with van der Waals surface area (Å²) < 4.78 is 5.46. The van der Waals surface area contributed by atoms with Crippen LogP contribution >= 0.6 is 34.4 Å². The van der Waals surface area contributed by atoms with E-state index < -0.39 is 0 Å². The molecule has 0 saturated carbocycles. The van der Waals surface area contributed by atoms with Crippen molar-refractivity contribution in [3.05, 3.63) is 39.3 Å². The van der Waals surface area contributed by atoms with Crippen LogP contribution in [-0.2, 0) is 9.53 Å². The number of benzene rings is 1. The Balaban J connectivity index is 2.54. The fourth-order valence-electron chi connectivity index (χ4n) is 0.867. The molecule has 0 atom stereocenters. The highest BCUT2D eigenvalue weighted by Gasteiger charge is 2.05. The molecule has 0 spiro atoms. The monoisotopic (exact) mass is 334 g/mol. The van der Waals surface area contributed by atoms with E-state index in [1.165, 1.54) is 11.8 Å². The van der Waals surface area contributed by atoms with E-state index in [2.05, 4.69) is 0 Å². The van der Waals surface area contributed by atoms with Gasteiger partial charge in [0, 0.05) is 4.90 Å². The zero-order valence-corrected chi connectivity index (χ0v) is 11.2. The van der Waals surface area contributed by atoms with Crippen molar-refractivity contribution in [1.82, 2.24) is 0 Å². The molecule has 0 saturated heterocycles. The van der Waals surface area contributed by atoms with Crippen LogP contribution in [0.25, 0.3) is 0 Å². The van der Waals surface area contributed by atoms with Crippen molar-refractivity contribution in [3.8, 4) is 0 Å². The van der Waals surface area contributed by atoms with Gasteiger partial charge in [0.15, 0.2) is 0 Å². The molecule has 80 valence electrons. The van der Waals surface area contributed by atoms with Crippen LogP contribution in [0.3, 0.4) is 0 Å². The lowest BCUT2D eigenvalue weighted by Gasteiger charge is -1.99. The van der Waals surface area contributed by atoms with Gasteiger partial charge in [0.25, 0.3) is 0 Å². The molecule has 0 heterocycles. The Morgan fingerprint density at radius 3 is 2.73 bits per heavy atom. The number of hydrogen-bond acceptors (Lipinski definition) is 3. The number of halogens is 1. The summed E-state index contributed by atoms with van der Waals surface area (Å²) in [6.45, 7) is 2.21. The van der Waals surface area contributed by atoms with Crippen LogP contribution in [-0.4, -0.2) is 12.6 Å². The predicted molar refractivity (Wildman–Crippen MR) is 71.0 cm³/mol. The minimum atomic E-state index is -0.262. The summed E-state index contributed by atoms with van der Waals surface area (Å²) in [5.41, 5.74) is 0. The van der Waals surface area contributed by atoms with Crippen LogP contribution < -0.4 is 0 Å². The highest BCUT2D eigenvalue weighted by atomic mass is 127. The lowest BCUT2D eigenvalue weighted by Crippen LogP contribution is -2.02. The SMILES string of the molecule is CCOC(=O)/C(I)=C\Sc1ccccc1. The Labute approximate surface area is 107 Å². The van der Waals surface area contributed by atoms with Gasteiger partial charge < -0.3 is 4.74 Å². The Hall–Kier alpha value is -0.490. The second-order valence-corrected chi connectivity index (χ2v) is 4.72. The van der Waals surface area contributed by atoms with Gasteiger partial charge >= 0.3 is 5.97 Å². The van der Waals surface area contributed by atoms with Crippen molar-refractivity contribution < 1.29 is 9.53 Å². The molecule has 0 amide bonds. The van der Waals surface area contributed by atoms with Gasteiger partial charge in [0.05, 0.1) is 6.61 Å². The van der Waals surface area contributed by atoms with Gasteiger partial charge in [-0.3, -0.25) is 0 Å². The molecule has 1 aromatic rings. The summed E-state index contributed by atoms with van der Waals surface area (Å²) in [6.07, 6.45) is 0. The van der Waals surface area contributed by atoms with Crippen molar-refractivity contribution >= 4 is 40.3 Å². The topological polar surface area (TPSA) is 26.3 Å². The van der Waals surface area contributed by atoms with Gasteiger partial charge in [-0.15, -0.1) is 0 Å². The predicted octanol–water partition coefficient (Wildman–Crippen LogP) is 3.62. The van der Waals surface area contributed by atoms with Crippen LogP contribution in [0.1, 0.15) is 6.92 Å². The quantitative estimate of drug-likeness (QED) is 0.364. The molecule has 0 unspecified atom stereocenters. The minimum Gasteiger partial charge on any atom is -0.462 e. The number of esters is 1. The molecule has 2 nitrogen and oxygen atoms in total. The van der Waals surface area contributed by atoms with E-state index in [-0.39, 0.29) is 5.97 Å². The second kappa shape index (κ2) is 6.90. The molecule has 1 aromatic carbocycles. The van der Waals surface area contributed by atoms with E-state index in [9.17, 15) is 4.79 Å². The maximum atomic E-state index is 11.3. The van der Waals surface area contributed by atoms with Crippen molar-refractivity contribution in [2.75, 3.05) is 6.61 Å². The highest BCUT2D eigenvalue weighted by molar-refractivity contribution is 14.1. The lowest BCUT2D eigenvalue weighted by atomic mass is 10.4. The number of ether oxygens (including phenoxy) is 1. The maximum Gasteiger partial charge on any atom is 0.344 e. The molecule has 0 aliphatic rings. The zero-order chi connectivity index (χ0) is 11.1. The highest BCUT2D eigenvalue weighted by Crippen LogP contribution is 2.22. The average Bonchev–Trinajstić information content (AvgIpc) is 2.27. The average molecular weight is 334 g/mol. The zero-order valence-electron chi connectivity index (χ0n) is 8.27. The van der Waals surface area contributed by atoms with Gasteiger partial charge in [0.1, 0.15) is 3.58 Å². The number of carbonyl (C=O) groups is 1.